The first-order valence-corrected chi connectivity index (χ1v) is 7.49. The summed E-state index contributed by atoms with van der Waals surface area (Å²) in [5.41, 5.74) is 2.67. The van der Waals surface area contributed by atoms with E-state index in [0.29, 0.717) is 16.5 Å². The molecular weight excluding hydrogens is 312 g/mol. The monoisotopic (exact) mass is 326 g/mol. The van der Waals surface area contributed by atoms with E-state index in [1.54, 1.807) is 28.9 Å². The van der Waals surface area contributed by atoms with Crippen LogP contribution in [-0.2, 0) is 0 Å². The molecule has 3 aromatic rings. The Kier molecular flexibility index (Phi) is 4.12. The molecule has 0 bridgehead atoms. The maximum atomic E-state index is 12.4. The summed E-state index contributed by atoms with van der Waals surface area (Å²) in [7, 11) is 0. The predicted molar refractivity (Wildman–Crippen MR) is 90.2 cm³/mol. The highest BCUT2D eigenvalue weighted by Gasteiger charge is 2.15. The molecule has 1 N–H and O–H groups in total. The van der Waals surface area contributed by atoms with Gasteiger partial charge in [-0.05, 0) is 44.2 Å². The minimum absolute atomic E-state index is 0.167. The molecule has 3 rings (SSSR count). The molecule has 0 aliphatic carbocycles. The Balaban J connectivity index is 1.95. The zero-order chi connectivity index (χ0) is 16.4. The molecule has 0 atom stereocenters. The number of nitrogens with zero attached hydrogens (tertiary/aromatic N) is 3. The van der Waals surface area contributed by atoms with Gasteiger partial charge in [0.25, 0.3) is 5.91 Å². The van der Waals surface area contributed by atoms with Gasteiger partial charge < -0.3 is 5.32 Å². The number of nitrogens with one attached hydrogen (secondary N) is 1. The molecule has 23 heavy (non-hydrogen) atoms. The van der Waals surface area contributed by atoms with Crippen molar-refractivity contribution in [3.05, 3.63) is 70.6 Å². The van der Waals surface area contributed by atoms with Gasteiger partial charge in [0.15, 0.2) is 5.82 Å². The van der Waals surface area contributed by atoms with Gasteiger partial charge in [0.05, 0.1) is 10.7 Å². The summed E-state index contributed by atoms with van der Waals surface area (Å²) in [5, 5.41) is 7.45. The van der Waals surface area contributed by atoms with Crippen LogP contribution in [0.1, 0.15) is 21.9 Å². The highest BCUT2D eigenvalue weighted by Crippen LogP contribution is 2.19. The van der Waals surface area contributed by atoms with E-state index in [2.05, 4.69) is 15.4 Å². The first-order chi connectivity index (χ1) is 11.0. The van der Waals surface area contributed by atoms with Crippen LogP contribution in [0.25, 0.3) is 5.82 Å². The molecule has 1 aromatic carbocycles. The molecule has 0 unspecified atom stereocenters. The molecule has 0 saturated carbocycles. The summed E-state index contributed by atoms with van der Waals surface area (Å²) in [6.45, 7) is 3.84. The number of pyridine rings is 1. The largest absolute Gasteiger partial charge is 0.321 e. The van der Waals surface area contributed by atoms with Crippen molar-refractivity contribution in [1.82, 2.24) is 14.8 Å². The van der Waals surface area contributed by atoms with E-state index in [1.807, 2.05) is 38.1 Å². The van der Waals surface area contributed by atoms with Gasteiger partial charge in [-0.1, -0.05) is 29.8 Å². The third-order valence-corrected chi connectivity index (χ3v) is 3.61. The van der Waals surface area contributed by atoms with Crippen molar-refractivity contribution in [2.24, 2.45) is 0 Å². The van der Waals surface area contributed by atoms with Gasteiger partial charge in [0, 0.05) is 11.4 Å². The second kappa shape index (κ2) is 6.22. The summed E-state index contributed by atoms with van der Waals surface area (Å²) in [6.07, 6.45) is 0. The normalized spacial score (nSPS) is 10.6. The Labute approximate surface area is 138 Å². The average molecular weight is 327 g/mol. The first-order valence-electron chi connectivity index (χ1n) is 7.11. The van der Waals surface area contributed by atoms with E-state index in [1.165, 1.54) is 0 Å². The number of aryl methyl sites for hydroxylation is 2. The van der Waals surface area contributed by atoms with Crippen molar-refractivity contribution in [2.45, 2.75) is 13.8 Å². The highest BCUT2D eigenvalue weighted by molar-refractivity contribution is 6.34. The van der Waals surface area contributed by atoms with Crippen LogP contribution in [0.15, 0.2) is 48.5 Å². The fourth-order valence-corrected chi connectivity index (χ4v) is 2.47. The Morgan fingerprint density at radius 1 is 1.13 bits per heavy atom. The molecule has 116 valence electrons. The van der Waals surface area contributed by atoms with Gasteiger partial charge >= 0.3 is 0 Å². The van der Waals surface area contributed by atoms with E-state index in [4.69, 9.17) is 11.6 Å². The lowest BCUT2D eigenvalue weighted by molar-refractivity contribution is 0.102. The van der Waals surface area contributed by atoms with Crippen LogP contribution in [0.3, 0.4) is 0 Å². The van der Waals surface area contributed by atoms with E-state index in [0.717, 1.165) is 11.4 Å². The van der Waals surface area contributed by atoms with Crippen molar-refractivity contribution in [1.29, 1.82) is 0 Å². The zero-order valence-corrected chi connectivity index (χ0v) is 13.5. The fraction of sp³-hybridized carbons (Fsp3) is 0.118. The van der Waals surface area contributed by atoms with E-state index >= 15 is 0 Å². The topological polar surface area (TPSA) is 59.8 Å². The van der Waals surface area contributed by atoms with Gasteiger partial charge in [-0.2, -0.15) is 5.10 Å². The summed E-state index contributed by atoms with van der Waals surface area (Å²) in [4.78, 5) is 16.8. The highest BCUT2D eigenvalue weighted by atomic mass is 35.5. The van der Waals surface area contributed by atoms with Crippen LogP contribution in [0.2, 0.25) is 5.02 Å². The van der Waals surface area contributed by atoms with Crippen LogP contribution >= 0.6 is 11.6 Å². The van der Waals surface area contributed by atoms with Gasteiger partial charge in [-0.3, -0.25) is 4.79 Å². The quantitative estimate of drug-likeness (QED) is 0.796. The average Bonchev–Trinajstić information content (AvgIpc) is 2.87. The number of para-hydroxylation sites is 1. The maximum Gasteiger partial charge on any atom is 0.275 e. The van der Waals surface area contributed by atoms with Crippen LogP contribution < -0.4 is 5.32 Å². The summed E-state index contributed by atoms with van der Waals surface area (Å²) in [6, 6.07) is 14.5. The van der Waals surface area contributed by atoms with Crippen LogP contribution in [-0.4, -0.2) is 20.7 Å². The Hall–Kier alpha value is -2.66. The molecule has 6 heteroatoms. The SMILES string of the molecule is Cc1cc(C)n(-c2ccc(Cl)c(C(=O)Nc3ccccc3)n2)n1. The van der Waals surface area contributed by atoms with Crippen LogP contribution in [0.5, 0.6) is 0 Å². The van der Waals surface area contributed by atoms with Gasteiger partial charge in [0.2, 0.25) is 0 Å². The number of rotatable bonds is 3. The van der Waals surface area contributed by atoms with Crippen molar-refractivity contribution in [2.75, 3.05) is 5.32 Å². The van der Waals surface area contributed by atoms with Crippen LogP contribution in [0.4, 0.5) is 5.69 Å². The summed E-state index contributed by atoms with van der Waals surface area (Å²) < 4.78 is 1.69. The number of aromatic nitrogens is 3. The Morgan fingerprint density at radius 3 is 2.52 bits per heavy atom. The number of hydrogen-bond acceptors (Lipinski definition) is 3. The minimum Gasteiger partial charge on any atom is -0.321 e. The molecule has 0 fully saturated rings. The third kappa shape index (κ3) is 3.24. The van der Waals surface area contributed by atoms with Crippen molar-refractivity contribution >= 4 is 23.2 Å². The minimum atomic E-state index is -0.357. The van der Waals surface area contributed by atoms with E-state index < -0.39 is 0 Å². The molecule has 0 radical (unpaired) electrons. The molecule has 1 amide bonds. The molecule has 0 aliphatic rings. The molecule has 0 aliphatic heterocycles. The Morgan fingerprint density at radius 2 is 1.87 bits per heavy atom. The molecule has 2 heterocycles. The smallest absolute Gasteiger partial charge is 0.275 e. The molecule has 5 nitrogen and oxygen atoms in total. The second-order valence-corrected chi connectivity index (χ2v) is 5.57. The standard InChI is InChI=1S/C17H15ClN4O/c1-11-10-12(2)22(21-11)15-9-8-14(18)16(20-15)17(23)19-13-6-4-3-5-7-13/h3-10H,1-2H3,(H,19,23). The molecule has 2 aromatic heterocycles. The van der Waals surface area contributed by atoms with Gasteiger partial charge in [-0.15, -0.1) is 0 Å². The number of benzene rings is 1. The number of amides is 1. The lowest BCUT2D eigenvalue weighted by Gasteiger charge is -2.09. The van der Waals surface area contributed by atoms with Crippen LogP contribution in [0, 0.1) is 13.8 Å². The first kappa shape index (κ1) is 15.2. The number of carbonyl (C=O) groups is 1. The molecule has 0 spiro atoms. The Bertz CT molecular complexity index is 858. The molecular formula is C17H15ClN4O. The van der Waals surface area contributed by atoms with Crippen molar-refractivity contribution in [3.63, 3.8) is 0 Å². The number of carbonyl (C=O) groups excluding carboxylic acids is 1. The lowest BCUT2D eigenvalue weighted by atomic mass is 10.3. The third-order valence-electron chi connectivity index (χ3n) is 3.30. The van der Waals surface area contributed by atoms with E-state index in [9.17, 15) is 4.79 Å². The second-order valence-electron chi connectivity index (χ2n) is 5.16. The van der Waals surface area contributed by atoms with Gasteiger partial charge in [0.1, 0.15) is 5.69 Å². The summed E-state index contributed by atoms with van der Waals surface area (Å²) in [5.74, 6) is 0.197. The van der Waals surface area contributed by atoms with Gasteiger partial charge in [-0.25, -0.2) is 9.67 Å². The summed E-state index contributed by atoms with van der Waals surface area (Å²) >= 11 is 6.14. The number of hydrogen-bond donors (Lipinski definition) is 1. The number of halogens is 1. The fourth-order valence-electron chi connectivity index (χ4n) is 2.28. The zero-order valence-electron chi connectivity index (χ0n) is 12.7. The maximum absolute atomic E-state index is 12.4. The van der Waals surface area contributed by atoms with E-state index in [-0.39, 0.29) is 11.6 Å². The van der Waals surface area contributed by atoms with Crippen molar-refractivity contribution in [3.8, 4) is 5.82 Å². The number of anilines is 1. The molecule has 0 saturated heterocycles. The lowest BCUT2D eigenvalue weighted by Crippen LogP contribution is -2.16. The predicted octanol–water partition coefficient (Wildman–Crippen LogP) is 3.79. The van der Waals surface area contributed by atoms with Crippen molar-refractivity contribution < 1.29 is 4.79 Å².